The van der Waals surface area contributed by atoms with Crippen LogP contribution in [0.25, 0.3) is 21.9 Å². The highest BCUT2D eigenvalue weighted by atomic mass is 16.4. The zero-order valence-corrected chi connectivity index (χ0v) is 14.7. The van der Waals surface area contributed by atoms with Gasteiger partial charge in [-0.05, 0) is 24.3 Å². The van der Waals surface area contributed by atoms with Crippen LogP contribution in [0.15, 0.2) is 67.0 Å². The molecule has 0 radical (unpaired) electrons. The number of fused-ring (bicyclic) bond motifs is 2. The van der Waals surface area contributed by atoms with Gasteiger partial charge in [-0.3, -0.25) is 14.8 Å². The number of carbonyl (C=O) groups excluding carboxylic acids is 1. The van der Waals surface area contributed by atoms with E-state index in [9.17, 15) is 14.7 Å². The Hall–Kier alpha value is -3.87. The van der Waals surface area contributed by atoms with Gasteiger partial charge in [0.1, 0.15) is 6.04 Å². The zero-order valence-electron chi connectivity index (χ0n) is 14.7. The molecule has 138 valence electrons. The fourth-order valence-corrected chi connectivity index (χ4v) is 3.03. The van der Waals surface area contributed by atoms with Gasteiger partial charge in [0.05, 0.1) is 27.8 Å². The maximum absolute atomic E-state index is 12.7. The van der Waals surface area contributed by atoms with Crippen LogP contribution < -0.4 is 5.32 Å². The molecule has 7 heteroatoms. The summed E-state index contributed by atoms with van der Waals surface area (Å²) < 4.78 is 0. The number of hydrogen-bond acceptors (Lipinski definition) is 5. The van der Waals surface area contributed by atoms with Crippen molar-refractivity contribution in [2.24, 2.45) is 0 Å². The van der Waals surface area contributed by atoms with E-state index in [0.29, 0.717) is 27.7 Å². The van der Waals surface area contributed by atoms with Crippen LogP contribution in [0.5, 0.6) is 0 Å². The lowest BCUT2D eigenvalue weighted by atomic mass is 10.1. The first-order chi connectivity index (χ1) is 13.6. The molecule has 0 aliphatic carbocycles. The maximum Gasteiger partial charge on any atom is 0.326 e. The standard InChI is InChI=1S/C21H16N4O3/c26-20(15-9-10-22-16-6-2-1-5-14(15)16)25-19(21(27)28)11-13-12-23-17-7-3-4-8-18(17)24-13/h1-10,12,19H,11H2,(H,25,26)(H,27,28)/t19-/m1/s1. The summed E-state index contributed by atoms with van der Waals surface area (Å²) in [7, 11) is 0. The third-order valence-corrected chi connectivity index (χ3v) is 4.41. The number of hydrogen-bond donors (Lipinski definition) is 2. The molecule has 0 fully saturated rings. The maximum atomic E-state index is 12.7. The predicted molar refractivity (Wildman–Crippen MR) is 104 cm³/mol. The van der Waals surface area contributed by atoms with Crippen molar-refractivity contribution in [1.82, 2.24) is 20.3 Å². The van der Waals surface area contributed by atoms with E-state index in [4.69, 9.17) is 0 Å². The van der Waals surface area contributed by atoms with Crippen LogP contribution in [0.3, 0.4) is 0 Å². The highest BCUT2D eigenvalue weighted by Gasteiger charge is 2.23. The molecule has 0 saturated carbocycles. The molecule has 4 rings (SSSR count). The summed E-state index contributed by atoms with van der Waals surface area (Å²) in [4.78, 5) is 37.4. The minimum absolute atomic E-state index is 0.0297. The number of para-hydroxylation sites is 3. The molecule has 1 amide bonds. The van der Waals surface area contributed by atoms with Gasteiger partial charge in [0, 0.05) is 24.2 Å². The number of aromatic nitrogens is 3. The van der Waals surface area contributed by atoms with Gasteiger partial charge < -0.3 is 10.4 Å². The Balaban J connectivity index is 1.59. The summed E-state index contributed by atoms with van der Waals surface area (Å²) in [5.41, 5.74) is 2.94. The van der Waals surface area contributed by atoms with Gasteiger partial charge in [-0.2, -0.15) is 0 Å². The molecule has 4 aromatic rings. The monoisotopic (exact) mass is 372 g/mol. The zero-order chi connectivity index (χ0) is 19.5. The lowest BCUT2D eigenvalue weighted by molar-refractivity contribution is -0.139. The van der Waals surface area contributed by atoms with Crippen LogP contribution in [0.2, 0.25) is 0 Å². The molecule has 2 N–H and O–H groups in total. The van der Waals surface area contributed by atoms with E-state index in [1.54, 1.807) is 24.3 Å². The van der Waals surface area contributed by atoms with Gasteiger partial charge >= 0.3 is 5.97 Å². The molecule has 7 nitrogen and oxygen atoms in total. The Morgan fingerprint density at radius 3 is 2.43 bits per heavy atom. The third-order valence-electron chi connectivity index (χ3n) is 4.41. The average Bonchev–Trinajstić information content (AvgIpc) is 2.72. The summed E-state index contributed by atoms with van der Waals surface area (Å²) in [5, 5.41) is 12.8. The average molecular weight is 372 g/mol. The first-order valence-electron chi connectivity index (χ1n) is 8.70. The van der Waals surface area contributed by atoms with Crippen molar-refractivity contribution in [2.45, 2.75) is 12.5 Å². The van der Waals surface area contributed by atoms with E-state index in [0.717, 1.165) is 5.52 Å². The third kappa shape index (κ3) is 3.50. The lowest BCUT2D eigenvalue weighted by Crippen LogP contribution is -2.42. The smallest absolute Gasteiger partial charge is 0.326 e. The molecule has 28 heavy (non-hydrogen) atoms. The topological polar surface area (TPSA) is 105 Å². The summed E-state index contributed by atoms with van der Waals surface area (Å²) in [6.07, 6.45) is 3.09. The van der Waals surface area contributed by atoms with Crippen molar-refractivity contribution in [3.8, 4) is 0 Å². The molecule has 0 aliphatic rings. The largest absolute Gasteiger partial charge is 0.480 e. The Morgan fingerprint density at radius 2 is 1.64 bits per heavy atom. The summed E-state index contributed by atoms with van der Waals surface area (Å²) >= 11 is 0. The number of rotatable bonds is 5. The molecule has 0 spiro atoms. The van der Waals surface area contributed by atoms with Crippen LogP contribution in [0, 0.1) is 0 Å². The summed E-state index contributed by atoms with van der Waals surface area (Å²) in [6, 6.07) is 15.0. The minimum atomic E-state index is -1.14. The highest BCUT2D eigenvalue weighted by Crippen LogP contribution is 2.16. The van der Waals surface area contributed by atoms with Gasteiger partial charge in [0.2, 0.25) is 0 Å². The lowest BCUT2D eigenvalue weighted by Gasteiger charge is -2.15. The number of nitrogens with one attached hydrogen (secondary N) is 1. The van der Waals surface area contributed by atoms with Crippen molar-refractivity contribution in [3.05, 3.63) is 78.2 Å². The van der Waals surface area contributed by atoms with Gasteiger partial charge in [-0.1, -0.05) is 30.3 Å². The van der Waals surface area contributed by atoms with Crippen LogP contribution >= 0.6 is 0 Å². The number of pyridine rings is 1. The van der Waals surface area contributed by atoms with Crippen molar-refractivity contribution in [2.75, 3.05) is 0 Å². The molecule has 0 aliphatic heterocycles. The van der Waals surface area contributed by atoms with Crippen molar-refractivity contribution in [1.29, 1.82) is 0 Å². The number of carboxylic acid groups (broad SMARTS) is 1. The van der Waals surface area contributed by atoms with Crippen molar-refractivity contribution < 1.29 is 14.7 Å². The molecule has 1 atom stereocenters. The van der Waals surface area contributed by atoms with E-state index >= 15 is 0 Å². The quantitative estimate of drug-likeness (QED) is 0.558. The van der Waals surface area contributed by atoms with Crippen LogP contribution in [0.4, 0.5) is 0 Å². The molecule has 2 aromatic carbocycles. The minimum Gasteiger partial charge on any atom is -0.480 e. The number of amides is 1. The van der Waals surface area contributed by atoms with Crippen LogP contribution in [0.1, 0.15) is 16.1 Å². The molecular weight excluding hydrogens is 356 g/mol. The Labute approximate surface area is 160 Å². The second-order valence-electron chi connectivity index (χ2n) is 6.29. The van der Waals surface area contributed by atoms with Crippen LogP contribution in [-0.4, -0.2) is 38.0 Å². The SMILES string of the molecule is O=C(N[C@H](Cc1cnc2ccccc2n1)C(=O)O)c1ccnc2ccccc12. The number of benzene rings is 2. The molecule has 0 bridgehead atoms. The predicted octanol–water partition coefficient (Wildman–Crippen LogP) is 2.60. The number of carbonyl (C=O) groups is 2. The fraction of sp³-hybridized carbons (Fsp3) is 0.0952. The first kappa shape index (κ1) is 17.5. The normalized spacial score (nSPS) is 12.0. The number of carboxylic acids is 1. The van der Waals surface area contributed by atoms with E-state index in [2.05, 4.69) is 20.3 Å². The first-order valence-corrected chi connectivity index (χ1v) is 8.70. The number of nitrogens with zero attached hydrogens (tertiary/aromatic N) is 3. The van der Waals surface area contributed by atoms with E-state index in [-0.39, 0.29) is 6.42 Å². The fourth-order valence-electron chi connectivity index (χ4n) is 3.03. The molecule has 2 aromatic heterocycles. The second-order valence-corrected chi connectivity index (χ2v) is 6.29. The summed E-state index contributed by atoms with van der Waals surface area (Å²) in [5.74, 6) is -1.61. The molecule has 0 saturated heterocycles. The Morgan fingerprint density at radius 1 is 0.929 bits per heavy atom. The van der Waals surface area contributed by atoms with E-state index in [1.165, 1.54) is 12.4 Å². The van der Waals surface area contributed by atoms with Crippen molar-refractivity contribution >= 4 is 33.8 Å². The van der Waals surface area contributed by atoms with Gasteiger partial charge in [0.15, 0.2) is 0 Å². The molecule has 2 heterocycles. The summed E-state index contributed by atoms with van der Waals surface area (Å²) in [6.45, 7) is 0. The highest BCUT2D eigenvalue weighted by molar-refractivity contribution is 6.06. The van der Waals surface area contributed by atoms with E-state index < -0.39 is 17.9 Å². The Kier molecular flexibility index (Phi) is 4.63. The van der Waals surface area contributed by atoms with Gasteiger partial charge in [-0.15, -0.1) is 0 Å². The number of aliphatic carboxylic acids is 1. The van der Waals surface area contributed by atoms with E-state index in [1.807, 2.05) is 30.3 Å². The second kappa shape index (κ2) is 7.40. The van der Waals surface area contributed by atoms with Crippen molar-refractivity contribution in [3.63, 3.8) is 0 Å². The Bertz CT molecular complexity index is 1190. The van der Waals surface area contributed by atoms with Gasteiger partial charge in [0.25, 0.3) is 5.91 Å². The van der Waals surface area contributed by atoms with Gasteiger partial charge in [-0.25, -0.2) is 9.78 Å². The molecular formula is C21H16N4O3. The molecule has 0 unspecified atom stereocenters. The van der Waals surface area contributed by atoms with Crippen LogP contribution in [-0.2, 0) is 11.2 Å².